The molecule has 0 radical (unpaired) electrons. The van der Waals surface area contributed by atoms with E-state index in [2.05, 4.69) is 80.3 Å². The van der Waals surface area contributed by atoms with Crippen molar-refractivity contribution in [2.45, 2.75) is 77.2 Å². The first kappa shape index (κ1) is 22.4. The van der Waals surface area contributed by atoms with Gasteiger partial charge >= 0.3 is 0 Å². The lowest BCUT2D eigenvalue weighted by Crippen LogP contribution is -2.41. The quantitative estimate of drug-likeness (QED) is 0.287. The van der Waals surface area contributed by atoms with Crippen molar-refractivity contribution in [1.82, 2.24) is 5.32 Å². The summed E-state index contributed by atoms with van der Waals surface area (Å²) >= 11 is 0. The fourth-order valence-corrected chi connectivity index (χ4v) is 3.58. The van der Waals surface area contributed by atoms with Crippen LogP contribution in [0.4, 0.5) is 0 Å². The Bertz CT molecular complexity index is 640. The highest BCUT2D eigenvalue weighted by Crippen LogP contribution is 2.19. The zero-order valence-corrected chi connectivity index (χ0v) is 17.6. The molecule has 2 aromatic carbocycles. The van der Waals surface area contributed by atoms with Crippen LogP contribution in [-0.2, 0) is 11.3 Å². The molecule has 3 atom stereocenters. The molecule has 0 spiro atoms. The van der Waals surface area contributed by atoms with E-state index in [1.165, 1.54) is 43.2 Å². The molecule has 0 saturated carbocycles. The van der Waals surface area contributed by atoms with Gasteiger partial charge in [-0.2, -0.15) is 0 Å². The average Bonchev–Trinajstić information content (AvgIpc) is 2.75. The van der Waals surface area contributed by atoms with Crippen LogP contribution in [0.1, 0.15) is 69.5 Å². The van der Waals surface area contributed by atoms with E-state index >= 15 is 0 Å². The smallest absolute Gasteiger partial charge is 0.0910 e. The lowest BCUT2D eigenvalue weighted by molar-refractivity contribution is 0.0405. The fourth-order valence-electron chi connectivity index (χ4n) is 3.58. The standard InChI is InChI=1S/C26H37NO/c1-4-6-7-8-15-20-25(27-22(3)24-18-13-10-14-19-24)26(5-2)28-21-23-16-11-9-12-17-23/h5,9-14,16-19,22,25-27H,2,4,6-8,15,20-21H2,1,3H3/t22-,25-,26-/m1/s1. The Morgan fingerprint density at radius 2 is 1.57 bits per heavy atom. The van der Waals surface area contributed by atoms with E-state index in [9.17, 15) is 0 Å². The number of rotatable bonds is 14. The summed E-state index contributed by atoms with van der Waals surface area (Å²) in [6.45, 7) is 9.18. The van der Waals surface area contributed by atoms with Crippen LogP contribution in [0.2, 0.25) is 0 Å². The third kappa shape index (κ3) is 8.00. The summed E-state index contributed by atoms with van der Waals surface area (Å²) in [5.74, 6) is 0. The maximum Gasteiger partial charge on any atom is 0.0910 e. The zero-order chi connectivity index (χ0) is 20.0. The van der Waals surface area contributed by atoms with Gasteiger partial charge in [-0.1, -0.05) is 106 Å². The van der Waals surface area contributed by atoms with Crippen LogP contribution in [-0.4, -0.2) is 12.1 Å². The van der Waals surface area contributed by atoms with Crippen molar-refractivity contribution >= 4 is 0 Å². The van der Waals surface area contributed by atoms with Gasteiger partial charge in [0.2, 0.25) is 0 Å². The molecular weight excluding hydrogens is 342 g/mol. The van der Waals surface area contributed by atoms with Crippen LogP contribution in [0.25, 0.3) is 0 Å². The summed E-state index contributed by atoms with van der Waals surface area (Å²) in [6.07, 6.45) is 9.50. The number of ether oxygens (including phenoxy) is 1. The lowest BCUT2D eigenvalue weighted by atomic mass is 9.99. The van der Waals surface area contributed by atoms with Gasteiger partial charge in [-0.05, 0) is 24.5 Å². The van der Waals surface area contributed by atoms with E-state index in [1.807, 2.05) is 12.1 Å². The molecule has 0 saturated heterocycles. The first-order chi connectivity index (χ1) is 13.7. The van der Waals surface area contributed by atoms with Gasteiger partial charge in [-0.15, -0.1) is 6.58 Å². The SMILES string of the molecule is C=C[C@@H](OCc1ccccc1)[C@@H](CCCCCCC)N[C@H](C)c1ccccc1. The number of benzene rings is 2. The highest BCUT2D eigenvalue weighted by molar-refractivity contribution is 5.18. The molecule has 2 nitrogen and oxygen atoms in total. The van der Waals surface area contributed by atoms with Crippen molar-refractivity contribution in [2.75, 3.05) is 0 Å². The third-order valence-corrected chi connectivity index (χ3v) is 5.30. The molecular formula is C26H37NO. The van der Waals surface area contributed by atoms with Crippen LogP contribution < -0.4 is 5.32 Å². The van der Waals surface area contributed by atoms with Gasteiger partial charge < -0.3 is 10.1 Å². The van der Waals surface area contributed by atoms with Crippen molar-refractivity contribution in [2.24, 2.45) is 0 Å². The van der Waals surface area contributed by atoms with Crippen LogP contribution >= 0.6 is 0 Å². The molecule has 0 aliphatic heterocycles. The van der Waals surface area contributed by atoms with Gasteiger partial charge in [0.1, 0.15) is 0 Å². The van der Waals surface area contributed by atoms with Gasteiger partial charge in [-0.25, -0.2) is 0 Å². The van der Waals surface area contributed by atoms with Crippen molar-refractivity contribution in [3.8, 4) is 0 Å². The van der Waals surface area contributed by atoms with Crippen LogP contribution in [0.15, 0.2) is 73.3 Å². The maximum atomic E-state index is 6.27. The summed E-state index contributed by atoms with van der Waals surface area (Å²) in [5.41, 5.74) is 2.51. The molecule has 0 aliphatic carbocycles. The largest absolute Gasteiger partial charge is 0.368 e. The molecule has 0 aliphatic rings. The van der Waals surface area contributed by atoms with Crippen molar-refractivity contribution < 1.29 is 4.74 Å². The van der Waals surface area contributed by atoms with Crippen LogP contribution in [0.3, 0.4) is 0 Å². The maximum absolute atomic E-state index is 6.27. The topological polar surface area (TPSA) is 21.3 Å². The average molecular weight is 380 g/mol. The second kappa shape index (κ2) is 13.3. The van der Waals surface area contributed by atoms with Crippen molar-refractivity contribution in [1.29, 1.82) is 0 Å². The van der Waals surface area contributed by atoms with Gasteiger partial charge in [0, 0.05) is 12.1 Å². The van der Waals surface area contributed by atoms with E-state index in [1.54, 1.807) is 0 Å². The number of hydrogen-bond acceptors (Lipinski definition) is 2. The molecule has 0 fully saturated rings. The summed E-state index contributed by atoms with van der Waals surface area (Å²) in [5, 5.41) is 3.82. The molecule has 0 bridgehead atoms. The summed E-state index contributed by atoms with van der Waals surface area (Å²) < 4.78 is 6.27. The first-order valence-corrected chi connectivity index (χ1v) is 10.8. The predicted octanol–water partition coefficient (Wildman–Crippen LogP) is 6.84. The summed E-state index contributed by atoms with van der Waals surface area (Å²) in [6, 6.07) is 21.6. The molecule has 0 aromatic heterocycles. The van der Waals surface area contributed by atoms with Gasteiger partial charge in [-0.3, -0.25) is 0 Å². The minimum absolute atomic E-state index is 0.00227. The minimum atomic E-state index is -0.00227. The lowest BCUT2D eigenvalue weighted by Gasteiger charge is -2.29. The molecule has 0 unspecified atom stereocenters. The Morgan fingerprint density at radius 1 is 0.929 bits per heavy atom. The van der Waals surface area contributed by atoms with E-state index in [4.69, 9.17) is 4.74 Å². The van der Waals surface area contributed by atoms with Crippen molar-refractivity contribution in [3.05, 3.63) is 84.4 Å². The monoisotopic (exact) mass is 379 g/mol. The first-order valence-electron chi connectivity index (χ1n) is 10.8. The second-order valence-corrected chi connectivity index (χ2v) is 7.61. The van der Waals surface area contributed by atoms with Gasteiger partial charge in [0.05, 0.1) is 12.7 Å². The Kier molecular flexibility index (Phi) is 10.6. The molecule has 0 heterocycles. The van der Waals surface area contributed by atoms with E-state index < -0.39 is 0 Å². The minimum Gasteiger partial charge on any atom is -0.368 e. The van der Waals surface area contributed by atoms with Crippen LogP contribution in [0, 0.1) is 0 Å². The van der Waals surface area contributed by atoms with Gasteiger partial charge in [0.15, 0.2) is 0 Å². The molecule has 2 aromatic rings. The molecule has 1 N–H and O–H groups in total. The second-order valence-electron chi connectivity index (χ2n) is 7.61. The Morgan fingerprint density at radius 3 is 2.21 bits per heavy atom. The highest BCUT2D eigenvalue weighted by atomic mass is 16.5. The predicted molar refractivity (Wildman–Crippen MR) is 120 cm³/mol. The Labute approximate surface area is 172 Å². The number of hydrogen-bond donors (Lipinski definition) is 1. The zero-order valence-electron chi connectivity index (χ0n) is 17.6. The molecule has 28 heavy (non-hydrogen) atoms. The molecule has 152 valence electrons. The summed E-state index contributed by atoms with van der Waals surface area (Å²) in [7, 11) is 0. The Hall–Kier alpha value is -1.90. The normalized spacial score (nSPS) is 14.4. The van der Waals surface area contributed by atoms with Gasteiger partial charge in [0.25, 0.3) is 0 Å². The molecule has 2 heteroatoms. The molecule has 0 amide bonds. The number of nitrogens with one attached hydrogen (secondary N) is 1. The fraction of sp³-hybridized carbons (Fsp3) is 0.462. The van der Waals surface area contributed by atoms with Crippen LogP contribution in [0.5, 0.6) is 0 Å². The Balaban J connectivity index is 1.98. The van der Waals surface area contributed by atoms with E-state index in [0.717, 1.165) is 6.42 Å². The number of unbranched alkanes of at least 4 members (excludes halogenated alkanes) is 4. The highest BCUT2D eigenvalue weighted by Gasteiger charge is 2.21. The summed E-state index contributed by atoms with van der Waals surface area (Å²) in [4.78, 5) is 0. The molecule has 2 rings (SSSR count). The van der Waals surface area contributed by atoms with Crippen molar-refractivity contribution in [3.63, 3.8) is 0 Å². The van der Waals surface area contributed by atoms with E-state index in [0.29, 0.717) is 6.61 Å². The van der Waals surface area contributed by atoms with E-state index in [-0.39, 0.29) is 18.2 Å². The third-order valence-electron chi connectivity index (χ3n) is 5.30.